The smallest absolute Gasteiger partial charge is 0.123 e. The van der Waals surface area contributed by atoms with Crippen molar-refractivity contribution in [2.75, 3.05) is 7.11 Å². The summed E-state index contributed by atoms with van der Waals surface area (Å²) in [7, 11) is 1.67. The van der Waals surface area contributed by atoms with Crippen LogP contribution in [0.1, 0.15) is 36.1 Å². The number of aliphatic hydroxyl groups excluding tert-OH is 1. The maximum absolute atomic E-state index is 9.78. The highest BCUT2D eigenvalue weighted by Crippen LogP contribution is 2.21. The van der Waals surface area contributed by atoms with Gasteiger partial charge in [0.2, 0.25) is 0 Å². The number of nitrogens with zero attached hydrogens (tertiary/aromatic N) is 2. The Bertz CT molecular complexity index is 549. The Morgan fingerprint density at radius 1 is 1.42 bits per heavy atom. The van der Waals surface area contributed by atoms with Crippen LogP contribution in [0.15, 0.2) is 30.6 Å². The van der Waals surface area contributed by atoms with E-state index in [1.807, 2.05) is 29.9 Å². The van der Waals surface area contributed by atoms with Gasteiger partial charge in [-0.1, -0.05) is 24.6 Å². The molecule has 1 aromatic heterocycles. The molecule has 0 fully saturated rings. The summed E-state index contributed by atoms with van der Waals surface area (Å²) in [6, 6.07) is 6.09. The second-order valence-corrected chi connectivity index (χ2v) is 4.71. The molecule has 2 rings (SSSR count). The Labute approximate surface area is 113 Å². The molecule has 1 atom stereocenters. The van der Waals surface area contributed by atoms with Crippen LogP contribution in [0.2, 0.25) is 0 Å². The minimum absolute atomic E-state index is 0.437. The standard InChI is InChI=1S/C15H20N2O2/c1-4-14(18)13-8-16-17(10-13)9-12-7-11(2)5-6-15(12)19-3/h5-8,10,14,18H,4,9H2,1-3H3. The third-order valence-electron chi connectivity index (χ3n) is 3.19. The van der Waals surface area contributed by atoms with Crippen LogP contribution in [0.3, 0.4) is 0 Å². The molecule has 0 spiro atoms. The zero-order valence-corrected chi connectivity index (χ0v) is 11.6. The van der Waals surface area contributed by atoms with Crippen LogP contribution >= 0.6 is 0 Å². The molecule has 0 amide bonds. The summed E-state index contributed by atoms with van der Waals surface area (Å²) in [5.74, 6) is 0.860. The van der Waals surface area contributed by atoms with Crippen LogP contribution in [0.25, 0.3) is 0 Å². The lowest BCUT2D eigenvalue weighted by Gasteiger charge is -2.09. The maximum Gasteiger partial charge on any atom is 0.123 e. The first-order valence-electron chi connectivity index (χ1n) is 6.48. The van der Waals surface area contributed by atoms with Crippen molar-refractivity contribution in [3.63, 3.8) is 0 Å². The molecule has 19 heavy (non-hydrogen) atoms. The normalized spacial score (nSPS) is 12.4. The van der Waals surface area contributed by atoms with Gasteiger partial charge in [-0.15, -0.1) is 0 Å². The molecule has 1 N–H and O–H groups in total. The van der Waals surface area contributed by atoms with Crippen LogP contribution in [0.5, 0.6) is 5.75 Å². The van der Waals surface area contributed by atoms with Gasteiger partial charge in [0.1, 0.15) is 5.75 Å². The van der Waals surface area contributed by atoms with Crippen molar-refractivity contribution in [1.82, 2.24) is 9.78 Å². The van der Waals surface area contributed by atoms with Crippen molar-refractivity contribution in [2.45, 2.75) is 32.9 Å². The van der Waals surface area contributed by atoms with Crippen molar-refractivity contribution in [1.29, 1.82) is 0 Å². The van der Waals surface area contributed by atoms with Crippen molar-refractivity contribution in [2.24, 2.45) is 0 Å². The molecule has 0 bridgehead atoms. The first-order valence-corrected chi connectivity index (χ1v) is 6.48. The highest BCUT2D eigenvalue weighted by molar-refractivity contribution is 5.37. The molecule has 0 aliphatic carbocycles. The highest BCUT2D eigenvalue weighted by Gasteiger charge is 2.09. The third kappa shape index (κ3) is 3.15. The topological polar surface area (TPSA) is 47.3 Å². The summed E-state index contributed by atoms with van der Waals surface area (Å²) in [6.45, 7) is 4.64. The molecule has 1 unspecified atom stereocenters. The molecule has 1 aromatic carbocycles. The first kappa shape index (κ1) is 13.6. The van der Waals surface area contributed by atoms with Crippen molar-refractivity contribution < 1.29 is 9.84 Å². The lowest BCUT2D eigenvalue weighted by Crippen LogP contribution is -2.03. The molecule has 0 saturated carbocycles. The molecule has 0 aliphatic heterocycles. The molecular formula is C15H20N2O2. The Balaban J connectivity index is 2.21. The molecule has 0 aliphatic rings. The van der Waals surface area contributed by atoms with Crippen LogP contribution in [-0.2, 0) is 6.54 Å². The van der Waals surface area contributed by atoms with Crippen molar-refractivity contribution in [3.8, 4) is 5.75 Å². The van der Waals surface area contributed by atoms with Gasteiger partial charge in [0.05, 0.1) is 26.0 Å². The molecule has 102 valence electrons. The van der Waals surface area contributed by atoms with Crippen LogP contribution in [0.4, 0.5) is 0 Å². The lowest BCUT2D eigenvalue weighted by atomic mass is 10.1. The number of aliphatic hydroxyl groups is 1. The van der Waals surface area contributed by atoms with Gasteiger partial charge in [0.15, 0.2) is 0 Å². The van der Waals surface area contributed by atoms with Gasteiger partial charge in [0, 0.05) is 17.3 Å². The van der Waals surface area contributed by atoms with Crippen LogP contribution in [0, 0.1) is 6.92 Å². The Morgan fingerprint density at radius 2 is 2.21 bits per heavy atom. The van der Waals surface area contributed by atoms with E-state index in [0.717, 1.165) is 16.9 Å². The molecule has 0 radical (unpaired) electrons. The fraction of sp³-hybridized carbons (Fsp3) is 0.400. The van der Waals surface area contributed by atoms with E-state index in [1.165, 1.54) is 5.56 Å². The minimum atomic E-state index is -0.437. The summed E-state index contributed by atoms with van der Waals surface area (Å²) in [4.78, 5) is 0. The zero-order valence-electron chi connectivity index (χ0n) is 11.6. The van der Waals surface area contributed by atoms with Crippen LogP contribution < -0.4 is 4.74 Å². The monoisotopic (exact) mass is 260 g/mol. The number of aromatic nitrogens is 2. The number of hydrogen-bond donors (Lipinski definition) is 1. The highest BCUT2D eigenvalue weighted by atomic mass is 16.5. The van der Waals surface area contributed by atoms with E-state index in [-0.39, 0.29) is 0 Å². The zero-order chi connectivity index (χ0) is 13.8. The number of rotatable bonds is 5. The van der Waals surface area contributed by atoms with E-state index in [4.69, 9.17) is 4.74 Å². The number of ether oxygens (including phenoxy) is 1. The molecule has 0 saturated heterocycles. The molecule has 2 aromatic rings. The first-order chi connectivity index (χ1) is 9.13. The Morgan fingerprint density at radius 3 is 2.89 bits per heavy atom. The van der Waals surface area contributed by atoms with Crippen molar-refractivity contribution >= 4 is 0 Å². The van der Waals surface area contributed by atoms with Gasteiger partial charge in [0.25, 0.3) is 0 Å². The van der Waals surface area contributed by atoms with Crippen LogP contribution in [-0.4, -0.2) is 22.0 Å². The average Bonchev–Trinajstić information content (AvgIpc) is 2.86. The van der Waals surface area contributed by atoms with Gasteiger partial charge in [-0.05, 0) is 19.4 Å². The van der Waals surface area contributed by atoms with E-state index in [9.17, 15) is 5.11 Å². The third-order valence-corrected chi connectivity index (χ3v) is 3.19. The summed E-state index contributed by atoms with van der Waals surface area (Å²) >= 11 is 0. The number of hydrogen-bond acceptors (Lipinski definition) is 3. The van der Waals surface area contributed by atoms with Gasteiger partial charge >= 0.3 is 0 Å². The predicted molar refractivity (Wildman–Crippen MR) is 74.3 cm³/mol. The molecule has 4 heteroatoms. The quantitative estimate of drug-likeness (QED) is 0.899. The van der Waals surface area contributed by atoms with E-state index in [2.05, 4.69) is 18.1 Å². The Hall–Kier alpha value is -1.81. The van der Waals surface area contributed by atoms with E-state index < -0.39 is 6.10 Å². The van der Waals surface area contributed by atoms with Crippen molar-refractivity contribution in [3.05, 3.63) is 47.3 Å². The number of aryl methyl sites for hydroxylation is 1. The lowest BCUT2D eigenvalue weighted by molar-refractivity contribution is 0.173. The summed E-state index contributed by atoms with van der Waals surface area (Å²) in [5.41, 5.74) is 3.13. The average molecular weight is 260 g/mol. The number of methoxy groups -OCH3 is 1. The largest absolute Gasteiger partial charge is 0.496 e. The minimum Gasteiger partial charge on any atom is -0.496 e. The number of benzene rings is 1. The fourth-order valence-corrected chi connectivity index (χ4v) is 2.08. The molecule has 4 nitrogen and oxygen atoms in total. The van der Waals surface area contributed by atoms with Gasteiger partial charge in [-0.3, -0.25) is 4.68 Å². The second-order valence-electron chi connectivity index (χ2n) is 4.71. The SMILES string of the molecule is CCC(O)c1cnn(Cc2cc(C)ccc2OC)c1. The van der Waals surface area contributed by atoms with Gasteiger partial charge < -0.3 is 9.84 Å². The predicted octanol–water partition coefficient (Wildman–Crippen LogP) is 2.69. The second kappa shape index (κ2) is 5.89. The van der Waals surface area contributed by atoms with E-state index in [1.54, 1.807) is 13.3 Å². The fourth-order valence-electron chi connectivity index (χ4n) is 2.08. The van der Waals surface area contributed by atoms with E-state index in [0.29, 0.717) is 13.0 Å². The Kier molecular flexibility index (Phi) is 4.22. The summed E-state index contributed by atoms with van der Waals surface area (Å²) in [6.07, 6.45) is 3.86. The molecular weight excluding hydrogens is 240 g/mol. The van der Waals surface area contributed by atoms with Gasteiger partial charge in [-0.2, -0.15) is 5.10 Å². The van der Waals surface area contributed by atoms with E-state index >= 15 is 0 Å². The summed E-state index contributed by atoms with van der Waals surface area (Å²) < 4.78 is 7.18. The summed E-state index contributed by atoms with van der Waals surface area (Å²) in [5, 5.41) is 14.1. The molecule has 1 heterocycles. The maximum atomic E-state index is 9.78. The van der Waals surface area contributed by atoms with Gasteiger partial charge in [-0.25, -0.2) is 0 Å².